The first-order chi connectivity index (χ1) is 44.4. The van der Waals surface area contributed by atoms with Gasteiger partial charge in [0.1, 0.15) is 0 Å². The summed E-state index contributed by atoms with van der Waals surface area (Å²) >= 11 is 0. The van der Waals surface area contributed by atoms with E-state index in [0.717, 1.165) is 127 Å². The van der Waals surface area contributed by atoms with Crippen molar-refractivity contribution in [1.82, 2.24) is 10.6 Å². The average molecular weight is 1220 g/mol. The summed E-state index contributed by atoms with van der Waals surface area (Å²) in [4.78, 5) is 15.4. The molecule has 7 heteroatoms. The van der Waals surface area contributed by atoms with Gasteiger partial charge >= 0.3 is 5.97 Å². The van der Waals surface area contributed by atoms with E-state index in [9.17, 15) is 20.4 Å². The smallest absolute Gasteiger partial charge is 0.307 e. The fourth-order valence-electron chi connectivity index (χ4n) is 27.8. The number of carbonyl (C=O) groups is 1. The molecule has 16 bridgehead atoms. The van der Waals surface area contributed by atoms with Crippen LogP contribution in [0.25, 0.3) is 17.2 Å². The van der Waals surface area contributed by atoms with Gasteiger partial charge in [0.2, 0.25) is 0 Å². The molecular formula is C84H100N2O5. The van der Waals surface area contributed by atoms with Crippen LogP contribution in [0.3, 0.4) is 0 Å². The first-order valence-corrected chi connectivity index (χ1v) is 37.0. The van der Waals surface area contributed by atoms with Crippen LogP contribution >= 0.6 is 0 Å². The predicted molar refractivity (Wildman–Crippen MR) is 362 cm³/mol. The second-order valence-electron chi connectivity index (χ2n) is 33.4. The molecule has 19 atom stereocenters. The highest BCUT2D eigenvalue weighted by Gasteiger charge is 2.87. The SMILES string of the molecule is C[C@@]12CC=C[C@@]34C=C5C6=c7ccccc7=C[C@@H]5[C@@](CC[C@@H]1O)(C1=C5[C@H]3CC[C@H]3C[C@@]7(CC[C@H](CCc8ccccc8)C7)[C@@H]7C=C[C@@]8([C@H](O)[C@H]9CCC[C@]8(CC1)[C@]59[C@@H]37)[C@H](C(=O)O)CC/C(=C\O)[C@H](C1CCCCC1)CCCNC1=CC=C(CN1)c1cccc(c1)C6)[C@@H]42. The molecule has 91 heavy (non-hydrogen) atoms. The van der Waals surface area contributed by atoms with Crippen molar-refractivity contribution in [2.45, 2.75) is 186 Å². The monoisotopic (exact) mass is 1220 g/mol. The van der Waals surface area contributed by atoms with E-state index in [1.54, 1.807) is 11.1 Å². The number of benzene rings is 3. The van der Waals surface area contributed by atoms with E-state index >= 15 is 4.79 Å². The molecule has 4 aliphatic heterocycles. The highest BCUT2D eigenvalue weighted by molar-refractivity contribution is 5.78. The zero-order valence-corrected chi connectivity index (χ0v) is 54.2. The molecule has 476 valence electrons. The number of allylic oxidation sites excluding steroid dienone is 10. The molecule has 7 saturated carbocycles. The van der Waals surface area contributed by atoms with Gasteiger partial charge in [0.05, 0.1) is 30.2 Å². The number of carboxylic acids is 1. The van der Waals surface area contributed by atoms with Gasteiger partial charge in [-0.3, -0.25) is 4.79 Å². The van der Waals surface area contributed by atoms with Crippen LogP contribution in [-0.4, -0.2) is 51.7 Å². The van der Waals surface area contributed by atoms with E-state index in [0.29, 0.717) is 42.4 Å². The Morgan fingerprint density at radius 1 is 0.780 bits per heavy atom. The summed E-state index contributed by atoms with van der Waals surface area (Å²) in [6.45, 7) is 4.07. The van der Waals surface area contributed by atoms with Crippen LogP contribution in [0.5, 0.6) is 0 Å². The fourth-order valence-corrected chi connectivity index (χ4v) is 27.8. The number of carboxylic acid groups (broad SMARTS) is 1. The third-order valence-electron chi connectivity index (χ3n) is 30.5. The van der Waals surface area contributed by atoms with Crippen LogP contribution in [-0.2, 0) is 17.6 Å². The molecule has 3 aromatic carbocycles. The molecule has 7 nitrogen and oxygen atoms in total. The molecule has 0 amide bonds. The lowest BCUT2D eigenvalue weighted by Gasteiger charge is -2.76. The first-order valence-electron chi connectivity index (χ1n) is 37.0. The number of rotatable bonds is 5. The van der Waals surface area contributed by atoms with Crippen molar-refractivity contribution in [2.24, 2.45) is 103 Å². The number of hydrogen-bond acceptors (Lipinski definition) is 6. The van der Waals surface area contributed by atoms with Crippen LogP contribution in [0.1, 0.15) is 178 Å². The summed E-state index contributed by atoms with van der Waals surface area (Å²) in [6.07, 6.45) is 47.5. The standard InChI is InChI=1S/C84H100N2O5/c1-78-36-13-37-80-49-64-63-45-54-16-10-20-56(44-54)59-28-31-72(86-50-59)85-43-12-22-61(55-17-6-3-7-18-55)60(51-87)27-30-69(76(90)91)83-42-34-65-73-58(48-79(65)39-32-53(47-79)25-24-52-14-4-2-5-15-52)26-29-66(80)74-67(33-40-81(83)38-11-23-68(75(83)89)84(73,74)81)82(77(78)80,41-35-71(78)88)70(64)46-57-19-8-9-21-62(57)63/h2,4-5,8-10,13-16,19-21,28,31,34,37,42,44,46,49,51,53,55,58,61,65-66,68-71,73,75,77,85-89H,3,6-7,11-12,17-18,22-27,29-30,32-33,35-36,38-41,43,45,47-48,50H2,1H3,(H,90,91)/b60-51+/t53-,58-,61-,65+,66+,68+,69-,70-,71-,73-,75+,77+,78+,79-,80+,81+,82+,83-,84+/m0/s1. The zero-order valence-electron chi connectivity index (χ0n) is 54.2. The molecule has 0 radical (unpaired) electrons. The number of aliphatic carboxylic acids is 1. The van der Waals surface area contributed by atoms with Gasteiger partial charge in [-0.25, -0.2) is 0 Å². The van der Waals surface area contributed by atoms with Gasteiger partial charge < -0.3 is 31.1 Å². The van der Waals surface area contributed by atoms with Gasteiger partial charge in [-0.2, -0.15) is 0 Å². The molecule has 0 aromatic heterocycles. The van der Waals surface area contributed by atoms with E-state index in [1.807, 2.05) is 0 Å². The lowest BCUT2D eigenvalue weighted by Crippen LogP contribution is -2.71. The third-order valence-corrected chi connectivity index (χ3v) is 30.5. The van der Waals surface area contributed by atoms with Crippen molar-refractivity contribution in [1.29, 1.82) is 0 Å². The van der Waals surface area contributed by atoms with Gasteiger partial charge in [-0.1, -0.05) is 165 Å². The Bertz CT molecular complexity index is 3840. The summed E-state index contributed by atoms with van der Waals surface area (Å²) in [6, 6.07) is 30.0. The van der Waals surface area contributed by atoms with Crippen LogP contribution in [0, 0.1) is 103 Å². The van der Waals surface area contributed by atoms with E-state index in [2.05, 4.69) is 145 Å². The van der Waals surface area contributed by atoms with Crippen molar-refractivity contribution in [3.05, 3.63) is 183 Å². The average Bonchev–Trinajstić information content (AvgIpc) is 1.62. The van der Waals surface area contributed by atoms with Crippen molar-refractivity contribution in [3.63, 3.8) is 0 Å². The Morgan fingerprint density at radius 3 is 2.49 bits per heavy atom. The Kier molecular flexibility index (Phi) is 13.5. The molecule has 17 aliphatic rings. The molecule has 5 spiro atoms. The molecule has 20 rings (SSSR count). The number of aryl methyl sites for hydroxylation is 1. The summed E-state index contributed by atoms with van der Waals surface area (Å²) in [5, 5.41) is 62.4. The predicted octanol–water partition coefficient (Wildman–Crippen LogP) is 15.4. The maximum atomic E-state index is 15.4. The lowest BCUT2D eigenvalue weighted by atomic mass is 9.27. The van der Waals surface area contributed by atoms with Gasteiger partial charge in [-0.05, 0) is 261 Å². The third kappa shape index (κ3) is 7.77. The van der Waals surface area contributed by atoms with E-state index in [4.69, 9.17) is 0 Å². The van der Waals surface area contributed by atoms with Crippen LogP contribution < -0.4 is 21.1 Å². The van der Waals surface area contributed by atoms with Gasteiger partial charge in [-0.15, -0.1) is 0 Å². The van der Waals surface area contributed by atoms with Crippen molar-refractivity contribution >= 4 is 23.2 Å². The number of aliphatic hydroxyl groups is 3. The zero-order chi connectivity index (χ0) is 61.3. The topological polar surface area (TPSA) is 122 Å². The number of nitrogens with one attached hydrogen (secondary N) is 2. The fraction of sp³-hybridized carbons (Fsp3) is 0.583. The Morgan fingerprint density at radius 2 is 1.65 bits per heavy atom. The van der Waals surface area contributed by atoms with Crippen molar-refractivity contribution in [3.8, 4) is 0 Å². The number of aliphatic hydroxyl groups excluding tert-OH is 3. The van der Waals surface area contributed by atoms with Gasteiger partial charge in [0.15, 0.2) is 0 Å². The highest BCUT2D eigenvalue weighted by Crippen LogP contribution is 2.91. The van der Waals surface area contributed by atoms with Crippen LogP contribution in [0.4, 0.5) is 0 Å². The van der Waals surface area contributed by atoms with Gasteiger partial charge in [0.25, 0.3) is 0 Å². The molecule has 0 unspecified atom stereocenters. The van der Waals surface area contributed by atoms with Crippen LogP contribution in [0.15, 0.2) is 156 Å². The summed E-state index contributed by atoms with van der Waals surface area (Å²) in [5.74, 6) is 2.25. The quantitative estimate of drug-likeness (QED) is 0.111. The summed E-state index contributed by atoms with van der Waals surface area (Å²) < 4.78 is 0. The maximum absolute atomic E-state index is 15.4. The molecule has 13 aliphatic carbocycles. The van der Waals surface area contributed by atoms with Gasteiger partial charge in [0, 0.05) is 46.1 Å². The Labute approximate surface area is 541 Å². The summed E-state index contributed by atoms with van der Waals surface area (Å²) in [5.41, 5.74) is 10.1. The molecule has 3 aromatic rings. The number of hydrogen-bond donors (Lipinski definition) is 6. The normalized spacial score (nSPS) is 44.3. The second kappa shape index (κ2) is 21.2. The van der Waals surface area contributed by atoms with Crippen molar-refractivity contribution in [2.75, 3.05) is 13.1 Å². The highest BCUT2D eigenvalue weighted by atomic mass is 16.4. The van der Waals surface area contributed by atoms with E-state index in [1.165, 1.54) is 101 Å². The second-order valence-corrected chi connectivity index (χ2v) is 33.4. The van der Waals surface area contributed by atoms with E-state index in [-0.39, 0.29) is 45.8 Å². The lowest BCUT2D eigenvalue weighted by molar-refractivity contribution is -0.186. The number of dihydropyridines is 1. The first kappa shape index (κ1) is 58.0. The summed E-state index contributed by atoms with van der Waals surface area (Å²) in [7, 11) is 0. The largest absolute Gasteiger partial charge is 0.516 e. The Hall–Kier alpha value is -5.63. The Balaban J connectivity index is 0.881. The molecule has 6 N–H and O–H groups in total. The molecule has 4 heterocycles. The molecule has 7 fully saturated rings. The minimum absolute atomic E-state index is 0.0560. The molecule has 0 saturated heterocycles. The maximum Gasteiger partial charge on any atom is 0.307 e. The molecular weight excluding hydrogens is 1120 g/mol. The van der Waals surface area contributed by atoms with Crippen LogP contribution in [0.2, 0.25) is 0 Å². The minimum Gasteiger partial charge on any atom is -0.516 e. The minimum atomic E-state index is -0.993. The van der Waals surface area contributed by atoms with Crippen molar-refractivity contribution < 1.29 is 25.2 Å². The number of fused-ring (bicyclic) bond motifs is 4. The van der Waals surface area contributed by atoms with E-state index < -0.39 is 45.8 Å².